The Bertz CT molecular complexity index is 659. The average molecular weight is 375 g/mol. The van der Waals surface area contributed by atoms with Crippen molar-refractivity contribution >= 4 is 11.7 Å². The molecule has 1 aromatic rings. The summed E-state index contributed by atoms with van der Waals surface area (Å²) >= 11 is 0. The van der Waals surface area contributed by atoms with Gasteiger partial charge in [-0.2, -0.15) is 0 Å². The van der Waals surface area contributed by atoms with Crippen LogP contribution in [0.4, 0.5) is 4.39 Å². The minimum absolute atomic E-state index is 0.0693. The predicted octanol–water partition coefficient (Wildman–Crippen LogP) is 3.47. The van der Waals surface area contributed by atoms with E-state index in [1.165, 1.54) is 31.4 Å². The van der Waals surface area contributed by atoms with E-state index in [2.05, 4.69) is 0 Å². The van der Waals surface area contributed by atoms with Gasteiger partial charge in [-0.15, -0.1) is 0 Å². The molecule has 0 spiro atoms. The first-order valence-electron chi connectivity index (χ1n) is 10.2. The molecule has 0 radical (unpaired) electrons. The molecule has 1 atom stereocenters. The van der Waals surface area contributed by atoms with E-state index in [0.717, 1.165) is 31.2 Å². The third-order valence-corrected chi connectivity index (χ3v) is 6.74. The van der Waals surface area contributed by atoms with Crippen molar-refractivity contribution < 1.29 is 14.0 Å². The Morgan fingerprint density at radius 1 is 1.15 bits per heavy atom. The third-order valence-electron chi connectivity index (χ3n) is 6.74. The normalized spacial score (nSPS) is 21.7. The molecule has 5 heteroatoms. The van der Waals surface area contributed by atoms with Crippen molar-refractivity contribution in [2.24, 2.45) is 17.1 Å². The second-order valence-corrected chi connectivity index (χ2v) is 8.31. The van der Waals surface area contributed by atoms with Gasteiger partial charge >= 0.3 is 0 Å². The van der Waals surface area contributed by atoms with Crippen LogP contribution in [0.5, 0.6) is 0 Å². The number of ketones is 1. The van der Waals surface area contributed by atoms with Crippen molar-refractivity contribution in [3.8, 4) is 0 Å². The van der Waals surface area contributed by atoms with Gasteiger partial charge in [-0.25, -0.2) is 4.39 Å². The Hall–Kier alpha value is -1.75. The topological polar surface area (TPSA) is 63.4 Å². The number of nitrogens with two attached hydrogens (primary N) is 1. The lowest BCUT2D eigenvalue weighted by Gasteiger charge is -2.46. The fourth-order valence-electron chi connectivity index (χ4n) is 5.03. The highest BCUT2D eigenvalue weighted by atomic mass is 19.1. The molecule has 0 bridgehead atoms. The van der Waals surface area contributed by atoms with Crippen molar-refractivity contribution in [3.63, 3.8) is 0 Å². The maximum absolute atomic E-state index is 13.0. The largest absolute Gasteiger partial charge is 0.341 e. The van der Waals surface area contributed by atoms with E-state index in [-0.39, 0.29) is 22.9 Å². The summed E-state index contributed by atoms with van der Waals surface area (Å²) < 4.78 is 13.0. The van der Waals surface area contributed by atoms with Crippen LogP contribution in [-0.4, -0.2) is 35.7 Å². The van der Waals surface area contributed by atoms with Crippen molar-refractivity contribution in [3.05, 3.63) is 35.6 Å². The summed E-state index contributed by atoms with van der Waals surface area (Å²) in [5, 5.41) is 0. The molecule has 1 aromatic carbocycles. The molecule has 1 saturated carbocycles. The second-order valence-electron chi connectivity index (χ2n) is 8.31. The number of carbonyl (C=O) groups excluding carboxylic acids is 2. The standard InChI is InChI=1S/C22H31FN2O2/c1-16(26)22(18-5-3-2-4-6-18)11-13-25(14-12-22)21(27)20(24)15-17-7-9-19(23)10-8-17/h7-10,18,20H,2-6,11-15,24H2,1H3/t20-/m1/s1. The first kappa shape index (κ1) is 20.0. The first-order valence-corrected chi connectivity index (χ1v) is 10.2. The van der Waals surface area contributed by atoms with Crippen LogP contribution in [0.2, 0.25) is 0 Å². The second kappa shape index (κ2) is 8.51. The van der Waals surface area contributed by atoms with Crippen LogP contribution in [0.3, 0.4) is 0 Å². The van der Waals surface area contributed by atoms with E-state index in [9.17, 15) is 14.0 Å². The third kappa shape index (κ3) is 4.40. The Balaban J connectivity index is 1.60. The van der Waals surface area contributed by atoms with Crippen LogP contribution in [0.1, 0.15) is 57.4 Å². The molecule has 2 fully saturated rings. The summed E-state index contributed by atoms with van der Waals surface area (Å²) in [6.45, 7) is 2.93. The average Bonchev–Trinajstić information content (AvgIpc) is 2.69. The number of carbonyl (C=O) groups is 2. The van der Waals surface area contributed by atoms with Crippen LogP contribution >= 0.6 is 0 Å². The highest BCUT2D eigenvalue weighted by molar-refractivity contribution is 5.85. The lowest BCUT2D eigenvalue weighted by Crippen LogP contribution is -2.53. The van der Waals surface area contributed by atoms with Gasteiger partial charge in [0.15, 0.2) is 0 Å². The molecular weight excluding hydrogens is 343 g/mol. The molecule has 3 rings (SSSR count). The zero-order valence-corrected chi connectivity index (χ0v) is 16.3. The number of rotatable bonds is 5. The van der Waals surface area contributed by atoms with Crippen LogP contribution < -0.4 is 5.73 Å². The van der Waals surface area contributed by atoms with Gasteiger partial charge < -0.3 is 10.6 Å². The van der Waals surface area contributed by atoms with Crippen LogP contribution in [-0.2, 0) is 16.0 Å². The molecule has 1 aliphatic heterocycles. The monoisotopic (exact) mass is 374 g/mol. The van der Waals surface area contributed by atoms with Crippen molar-refractivity contribution in [1.29, 1.82) is 0 Å². The Labute approximate surface area is 161 Å². The van der Waals surface area contributed by atoms with Crippen molar-refractivity contribution in [2.45, 2.75) is 64.3 Å². The summed E-state index contributed by atoms with van der Waals surface area (Å²) in [7, 11) is 0. The van der Waals surface area contributed by atoms with E-state index >= 15 is 0 Å². The van der Waals surface area contributed by atoms with Crippen LogP contribution in [0, 0.1) is 17.2 Å². The Morgan fingerprint density at radius 3 is 2.30 bits per heavy atom. The van der Waals surface area contributed by atoms with E-state index in [1.54, 1.807) is 19.1 Å². The first-order chi connectivity index (χ1) is 12.9. The maximum Gasteiger partial charge on any atom is 0.239 e. The number of nitrogens with zero attached hydrogens (tertiary/aromatic N) is 1. The SMILES string of the molecule is CC(=O)C1(C2CCCCC2)CCN(C(=O)[C@H](N)Cc2ccc(F)cc2)CC1. The fraction of sp³-hybridized carbons (Fsp3) is 0.636. The number of Topliss-reactive ketones (excluding diaryl/α,β-unsaturated/α-hetero) is 1. The van der Waals surface area contributed by atoms with E-state index in [0.29, 0.717) is 25.4 Å². The molecule has 1 amide bonds. The minimum atomic E-state index is -0.630. The van der Waals surface area contributed by atoms with Gasteiger partial charge in [0.05, 0.1) is 6.04 Å². The molecule has 2 N–H and O–H groups in total. The van der Waals surface area contributed by atoms with Gasteiger partial charge in [0.2, 0.25) is 5.91 Å². The molecule has 1 aliphatic carbocycles. The molecule has 148 valence electrons. The minimum Gasteiger partial charge on any atom is -0.341 e. The van der Waals surface area contributed by atoms with Gasteiger partial charge in [-0.1, -0.05) is 31.4 Å². The number of hydrogen-bond acceptors (Lipinski definition) is 3. The number of piperidine rings is 1. The summed E-state index contributed by atoms with van der Waals surface area (Å²) in [5.41, 5.74) is 6.74. The molecule has 1 heterocycles. The molecule has 4 nitrogen and oxygen atoms in total. The summed E-state index contributed by atoms with van der Waals surface area (Å²) in [6, 6.07) is 5.48. The number of benzene rings is 1. The van der Waals surface area contributed by atoms with E-state index < -0.39 is 6.04 Å². The van der Waals surface area contributed by atoms with E-state index in [1.807, 2.05) is 4.90 Å². The lowest BCUT2D eigenvalue weighted by molar-refractivity contribution is -0.142. The highest BCUT2D eigenvalue weighted by Gasteiger charge is 2.46. The molecular formula is C22H31FN2O2. The summed E-state index contributed by atoms with van der Waals surface area (Å²) in [5.74, 6) is 0.393. The number of likely N-dealkylation sites (tertiary alicyclic amines) is 1. The molecule has 0 aromatic heterocycles. The Morgan fingerprint density at radius 2 is 1.74 bits per heavy atom. The van der Waals surface area contributed by atoms with E-state index in [4.69, 9.17) is 5.73 Å². The zero-order valence-electron chi connectivity index (χ0n) is 16.3. The molecule has 1 saturated heterocycles. The van der Waals surface area contributed by atoms with Crippen LogP contribution in [0.25, 0.3) is 0 Å². The lowest BCUT2D eigenvalue weighted by atomic mass is 9.62. The van der Waals surface area contributed by atoms with Gasteiger partial charge in [-0.3, -0.25) is 9.59 Å². The molecule has 27 heavy (non-hydrogen) atoms. The zero-order chi connectivity index (χ0) is 19.4. The predicted molar refractivity (Wildman–Crippen MR) is 104 cm³/mol. The number of hydrogen-bond donors (Lipinski definition) is 1. The van der Waals surface area contributed by atoms with Gasteiger partial charge in [0.1, 0.15) is 11.6 Å². The van der Waals surface area contributed by atoms with Crippen molar-refractivity contribution in [1.82, 2.24) is 4.90 Å². The quantitative estimate of drug-likeness (QED) is 0.858. The molecule has 0 unspecified atom stereocenters. The summed E-state index contributed by atoms with van der Waals surface area (Å²) in [4.78, 5) is 27.1. The highest BCUT2D eigenvalue weighted by Crippen LogP contribution is 2.46. The van der Waals surface area contributed by atoms with Crippen LogP contribution in [0.15, 0.2) is 24.3 Å². The summed E-state index contributed by atoms with van der Waals surface area (Å²) in [6.07, 6.45) is 7.87. The number of amides is 1. The fourth-order valence-corrected chi connectivity index (χ4v) is 5.03. The van der Waals surface area contributed by atoms with Crippen molar-refractivity contribution in [2.75, 3.05) is 13.1 Å². The van der Waals surface area contributed by atoms with Gasteiger partial charge in [0, 0.05) is 18.5 Å². The maximum atomic E-state index is 13.0. The Kier molecular flexibility index (Phi) is 6.30. The van der Waals surface area contributed by atoms with Gasteiger partial charge in [0.25, 0.3) is 0 Å². The number of halogens is 1. The van der Waals surface area contributed by atoms with Gasteiger partial charge in [-0.05, 0) is 62.6 Å². The smallest absolute Gasteiger partial charge is 0.239 e. The molecule has 2 aliphatic rings.